The number of aromatic hydroxyl groups is 4. The molecule has 0 saturated carbocycles. The number of benzene rings is 1. The Morgan fingerprint density at radius 3 is 1.00 bits per heavy atom. The van der Waals surface area contributed by atoms with E-state index in [1.165, 1.54) is 0 Å². The zero-order chi connectivity index (χ0) is 7.72. The van der Waals surface area contributed by atoms with Gasteiger partial charge in [-0.05, 0) is 0 Å². The monoisotopic (exact) mass is 165 g/mol. The molecule has 0 saturated heterocycles. The Labute approximate surface area is 85.0 Å². The summed E-state index contributed by atoms with van der Waals surface area (Å²) >= 11 is 0. The molecule has 0 atom stereocenters. The summed E-state index contributed by atoms with van der Waals surface area (Å²) in [4.78, 5) is 0. The fourth-order valence-electron chi connectivity index (χ4n) is 0.555. The van der Waals surface area contributed by atoms with Crippen molar-refractivity contribution in [1.29, 1.82) is 0 Å². The van der Waals surface area contributed by atoms with E-state index in [0.717, 1.165) is 12.1 Å². The minimum absolute atomic E-state index is 0. The first-order valence-corrected chi connectivity index (χ1v) is 2.55. The molecule has 4 nitrogen and oxygen atoms in total. The van der Waals surface area contributed by atoms with Crippen LogP contribution in [0.2, 0.25) is 0 Å². The first kappa shape index (κ1) is 10.4. The molecule has 11 heavy (non-hydrogen) atoms. The van der Waals surface area contributed by atoms with E-state index in [1.54, 1.807) is 0 Å². The van der Waals surface area contributed by atoms with Gasteiger partial charge >= 0.3 is 0 Å². The van der Waals surface area contributed by atoms with Crippen LogP contribution in [-0.2, 0) is 0 Å². The van der Waals surface area contributed by atoms with Crippen LogP contribution in [0.1, 0.15) is 0 Å². The van der Waals surface area contributed by atoms with Gasteiger partial charge in [-0.3, -0.25) is 0 Å². The second-order valence-corrected chi connectivity index (χ2v) is 1.83. The molecule has 0 aliphatic carbocycles. The SMILES string of the molecule is Oc1cc(O)c(O)cc1O.[Na]. The van der Waals surface area contributed by atoms with Crippen molar-refractivity contribution in [3.05, 3.63) is 12.1 Å². The molecule has 0 spiro atoms. The molecule has 4 N–H and O–H groups in total. The van der Waals surface area contributed by atoms with Crippen molar-refractivity contribution in [1.82, 2.24) is 0 Å². The van der Waals surface area contributed by atoms with Crippen LogP contribution >= 0.6 is 0 Å². The molecule has 1 rings (SSSR count). The van der Waals surface area contributed by atoms with Gasteiger partial charge in [-0.15, -0.1) is 0 Å². The number of hydrogen-bond donors (Lipinski definition) is 4. The normalized spacial score (nSPS) is 8.73. The standard InChI is InChI=1S/C6H6O4.Na/c7-3-1-4(8)6(10)2-5(3)9;/h1-2,7-10H;. The maximum atomic E-state index is 8.70. The van der Waals surface area contributed by atoms with Crippen LogP contribution in [0.3, 0.4) is 0 Å². The molecule has 0 aliphatic rings. The Bertz CT molecular complexity index is 211. The summed E-state index contributed by atoms with van der Waals surface area (Å²) in [6.45, 7) is 0. The number of phenols is 4. The zero-order valence-corrected chi connectivity index (χ0v) is 7.94. The molecule has 0 amide bonds. The summed E-state index contributed by atoms with van der Waals surface area (Å²) in [6, 6.07) is 1.70. The smallest absolute Gasteiger partial charge is 0.161 e. The van der Waals surface area contributed by atoms with Gasteiger partial charge in [-0.2, -0.15) is 0 Å². The molecule has 0 aliphatic heterocycles. The summed E-state index contributed by atoms with van der Waals surface area (Å²) in [5, 5.41) is 34.8. The van der Waals surface area contributed by atoms with E-state index in [2.05, 4.69) is 0 Å². The second-order valence-electron chi connectivity index (χ2n) is 1.83. The minimum atomic E-state index is -0.463. The Morgan fingerprint density at radius 1 is 0.636 bits per heavy atom. The van der Waals surface area contributed by atoms with Crippen LogP contribution in [0, 0.1) is 0 Å². The fraction of sp³-hybridized carbons (Fsp3) is 0. The topological polar surface area (TPSA) is 80.9 Å². The largest absolute Gasteiger partial charge is 0.504 e. The molecule has 0 unspecified atom stereocenters. The molecule has 0 aromatic heterocycles. The van der Waals surface area contributed by atoms with Gasteiger partial charge in [0.1, 0.15) is 0 Å². The molecule has 1 aromatic rings. The Balaban J connectivity index is 0.000001000. The van der Waals surface area contributed by atoms with Gasteiger partial charge in [0.2, 0.25) is 0 Å². The van der Waals surface area contributed by atoms with E-state index >= 15 is 0 Å². The summed E-state index contributed by atoms with van der Waals surface area (Å²) in [5.74, 6) is -1.85. The van der Waals surface area contributed by atoms with Crippen molar-refractivity contribution in [2.75, 3.05) is 0 Å². The van der Waals surface area contributed by atoms with Gasteiger partial charge in [-0.1, -0.05) is 0 Å². The van der Waals surface area contributed by atoms with E-state index in [-0.39, 0.29) is 29.6 Å². The molecule has 1 radical (unpaired) electrons. The first-order chi connectivity index (χ1) is 4.61. The predicted molar refractivity (Wildman–Crippen MR) is 38.9 cm³/mol. The van der Waals surface area contributed by atoms with E-state index in [9.17, 15) is 0 Å². The summed E-state index contributed by atoms with van der Waals surface area (Å²) in [5.41, 5.74) is 0. The summed E-state index contributed by atoms with van der Waals surface area (Å²) in [7, 11) is 0. The van der Waals surface area contributed by atoms with Gasteiger partial charge in [0.25, 0.3) is 0 Å². The number of phenolic OH excluding ortho intramolecular Hbond substituents is 4. The quantitative estimate of drug-likeness (QED) is 0.250. The maximum Gasteiger partial charge on any atom is 0.161 e. The van der Waals surface area contributed by atoms with Gasteiger partial charge in [-0.25, -0.2) is 0 Å². The minimum Gasteiger partial charge on any atom is -0.504 e. The van der Waals surface area contributed by atoms with Crippen molar-refractivity contribution in [3.63, 3.8) is 0 Å². The molecule has 0 bridgehead atoms. The molecular weight excluding hydrogens is 159 g/mol. The maximum absolute atomic E-state index is 8.70. The average Bonchev–Trinajstić information content (AvgIpc) is 1.84. The van der Waals surface area contributed by atoms with E-state index in [0.29, 0.717) is 0 Å². The van der Waals surface area contributed by atoms with Crippen LogP contribution < -0.4 is 0 Å². The van der Waals surface area contributed by atoms with Crippen LogP contribution in [-0.4, -0.2) is 50.0 Å². The third-order valence-corrected chi connectivity index (χ3v) is 1.07. The second kappa shape index (κ2) is 3.71. The van der Waals surface area contributed by atoms with Gasteiger partial charge in [0.05, 0.1) is 0 Å². The Morgan fingerprint density at radius 2 is 0.818 bits per heavy atom. The van der Waals surface area contributed by atoms with E-state index < -0.39 is 23.0 Å². The first-order valence-electron chi connectivity index (χ1n) is 2.55. The van der Waals surface area contributed by atoms with E-state index in [1.807, 2.05) is 0 Å². The Kier molecular flexibility index (Phi) is 3.51. The van der Waals surface area contributed by atoms with Crippen LogP contribution in [0.4, 0.5) is 0 Å². The number of hydrogen-bond acceptors (Lipinski definition) is 4. The zero-order valence-electron chi connectivity index (χ0n) is 5.94. The molecular formula is C6H6NaO4. The van der Waals surface area contributed by atoms with Crippen molar-refractivity contribution in [3.8, 4) is 23.0 Å². The molecule has 1 aromatic carbocycles. The molecule has 55 valence electrons. The molecule has 0 heterocycles. The van der Waals surface area contributed by atoms with Crippen LogP contribution in [0.15, 0.2) is 12.1 Å². The van der Waals surface area contributed by atoms with Crippen molar-refractivity contribution >= 4 is 29.6 Å². The van der Waals surface area contributed by atoms with Gasteiger partial charge in [0.15, 0.2) is 23.0 Å². The third-order valence-electron chi connectivity index (χ3n) is 1.07. The summed E-state index contributed by atoms with van der Waals surface area (Å²) < 4.78 is 0. The van der Waals surface area contributed by atoms with Crippen molar-refractivity contribution < 1.29 is 20.4 Å². The van der Waals surface area contributed by atoms with Crippen molar-refractivity contribution in [2.45, 2.75) is 0 Å². The van der Waals surface area contributed by atoms with E-state index in [4.69, 9.17) is 20.4 Å². The summed E-state index contributed by atoms with van der Waals surface area (Å²) in [6.07, 6.45) is 0. The van der Waals surface area contributed by atoms with Crippen LogP contribution in [0.25, 0.3) is 0 Å². The predicted octanol–water partition coefficient (Wildman–Crippen LogP) is 0.128. The molecule has 0 fully saturated rings. The third kappa shape index (κ3) is 2.18. The van der Waals surface area contributed by atoms with Gasteiger partial charge in [0, 0.05) is 41.7 Å². The van der Waals surface area contributed by atoms with Crippen molar-refractivity contribution in [2.24, 2.45) is 0 Å². The van der Waals surface area contributed by atoms with Crippen LogP contribution in [0.5, 0.6) is 23.0 Å². The Hall–Kier alpha value is -0.580. The number of rotatable bonds is 0. The fourth-order valence-corrected chi connectivity index (χ4v) is 0.555. The molecule has 5 heteroatoms. The van der Waals surface area contributed by atoms with Gasteiger partial charge < -0.3 is 20.4 Å². The average molecular weight is 165 g/mol.